The maximum absolute atomic E-state index is 11.6. The molecule has 0 aliphatic heterocycles. The number of nitrogens with two attached hydrogens (primary N) is 1. The van der Waals surface area contributed by atoms with Gasteiger partial charge in [-0.25, -0.2) is 0 Å². The van der Waals surface area contributed by atoms with Crippen LogP contribution in [0.1, 0.15) is 16.9 Å². The molecule has 0 aromatic carbocycles. The summed E-state index contributed by atoms with van der Waals surface area (Å²) in [7, 11) is -0.821. The first-order valence-electron chi connectivity index (χ1n) is 5.32. The van der Waals surface area contributed by atoms with E-state index < -0.39 is 10.8 Å². The van der Waals surface area contributed by atoms with Gasteiger partial charge in [-0.2, -0.15) is 0 Å². The topological polar surface area (TPSA) is 103 Å². The number of hydrogen-bond donors (Lipinski definition) is 2. The van der Waals surface area contributed by atoms with Gasteiger partial charge in [0.15, 0.2) is 5.69 Å². The Morgan fingerprint density at radius 1 is 1.65 bits per heavy atom. The number of aromatic nitrogens is 3. The summed E-state index contributed by atoms with van der Waals surface area (Å²) in [4.78, 5) is 11.6. The van der Waals surface area contributed by atoms with Crippen LogP contribution in [0.25, 0.3) is 0 Å². The zero-order chi connectivity index (χ0) is 12.7. The molecule has 17 heavy (non-hydrogen) atoms. The minimum Gasteiger partial charge on any atom is -0.351 e. The quantitative estimate of drug-likeness (QED) is 0.595. The van der Waals surface area contributed by atoms with Crippen molar-refractivity contribution in [2.75, 3.05) is 25.1 Å². The molecule has 96 valence electrons. The van der Waals surface area contributed by atoms with Crippen molar-refractivity contribution < 1.29 is 9.00 Å². The second kappa shape index (κ2) is 7.13. The molecule has 1 aromatic heterocycles. The lowest BCUT2D eigenvalue weighted by atomic mass is 10.4. The number of nitrogens with one attached hydrogen (secondary N) is 1. The standard InChI is InChI=1S/C9H17N5O2S/c1-17(16)6-2-4-11-9(15)8-7-14(5-3-10)13-12-8/h7H,2-6,10H2,1H3,(H,11,15). The lowest BCUT2D eigenvalue weighted by molar-refractivity contribution is 0.0948. The lowest BCUT2D eigenvalue weighted by Crippen LogP contribution is -2.25. The number of rotatable bonds is 7. The first-order chi connectivity index (χ1) is 8.13. The van der Waals surface area contributed by atoms with Gasteiger partial charge in [-0.05, 0) is 6.42 Å². The molecule has 0 radical (unpaired) electrons. The van der Waals surface area contributed by atoms with E-state index in [4.69, 9.17) is 5.73 Å². The third-order valence-corrected chi connectivity index (χ3v) is 2.89. The summed E-state index contributed by atoms with van der Waals surface area (Å²) in [5.74, 6) is 0.315. The van der Waals surface area contributed by atoms with Crippen molar-refractivity contribution in [3.8, 4) is 0 Å². The molecule has 1 heterocycles. The smallest absolute Gasteiger partial charge is 0.273 e. The zero-order valence-electron chi connectivity index (χ0n) is 9.76. The molecule has 0 saturated heterocycles. The molecule has 7 nitrogen and oxygen atoms in total. The maximum atomic E-state index is 11.6. The summed E-state index contributed by atoms with van der Waals surface area (Å²) >= 11 is 0. The average Bonchev–Trinajstić information content (AvgIpc) is 2.73. The molecule has 0 fully saturated rings. The third kappa shape index (κ3) is 5.05. The Hall–Kier alpha value is -1.28. The van der Waals surface area contributed by atoms with Gasteiger partial charge in [0, 0.05) is 35.9 Å². The Morgan fingerprint density at radius 2 is 2.41 bits per heavy atom. The molecule has 3 N–H and O–H groups in total. The van der Waals surface area contributed by atoms with Gasteiger partial charge in [0.25, 0.3) is 5.91 Å². The van der Waals surface area contributed by atoms with Crippen LogP contribution in [0.5, 0.6) is 0 Å². The molecule has 8 heteroatoms. The van der Waals surface area contributed by atoms with Gasteiger partial charge < -0.3 is 11.1 Å². The van der Waals surface area contributed by atoms with Crippen molar-refractivity contribution in [1.29, 1.82) is 0 Å². The molecule has 1 amide bonds. The van der Waals surface area contributed by atoms with E-state index in [9.17, 15) is 9.00 Å². The van der Waals surface area contributed by atoms with Gasteiger partial charge >= 0.3 is 0 Å². The maximum Gasteiger partial charge on any atom is 0.273 e. The average molecular weight is 259 g/mol. The number of nitrogens with zero attached hydrogens (tertiary/aromatic N) is 3. The van der Waals surface area contributed by atoms with E-state index in [0.717, 1.165) is 0 Å². The number of amides is 1. The highest BCUT2D eigenvalue weighted by Gasteiger charge is 2.09. The molecule has 0 aliphatic carbocycles. The summed E-state index contributed by atoms with van der Waals surface area (Å²) < 4.78 is 12.3. The van der Waals surface area contributed by atoms with Crippen molar-refractivity contribution in [1.82, 2.24) is 20.3 Å². The van der Waals surface area contributed by atoms with Crippen LogP contribution in [0.4, 0.5) is 0 Å². The van der Waals surface area contributed by atoms with Gasteiger partial charge in [-0.1, -0.05) is 5.21 Å². The number of hydrogen-bond acceptors (Lipinski definition) is 5. The summed E-state index contributed by atoms with van der Waals surface area (Å²) in [5, 5.41) is 10.2. The molecule has 0 saturated carbocycles. The van der Waals surface area contributed by atoms with Crippen LogP contribution in [-0.2, 0) is 17.3 Å². The minimum atomic E-state index is -0.821. The normalized spacial score (nSPS) is 12.4. The molecular weight excluding hydrogens is 242 g/mol. The second-order valence-electron chi connectivity index (χ2n) is 3.54. The molecule has 1 atom stereocenters. The van der Waals surface area contributed by atoms with Crippen molar-refractivity contribution in [3.05, 3.63) is 11.9 Å². The molecule has 1 aromatic rings. The summed E-state index contributed by atoms with van der Waals surface area (Å²) in [5.41, 5.74) is 5.63. The van der Waals surface area contributed by atoms with Crippen LogP contribution in [-0.4, -0.2) is 50.2 Å². The molecule has 0 spiro atoms. The van der Waals surface area contributed by atoms with E-state index in [1.54, 1.807) is 12.5 Å². The van der Waals surface area contributed by atoms with E-state index in [0.29, 0.717) is 31.8 Å². The predicted molar refractivity (Wildman–Crippen MR) is 65.0 cm³/mol. The van der Waals surface area contributed by atoms with Crippen LogP contribution >= 0.6 is 0 Å². The highest BCUT2D eigenvalue weighted by molar-refractivity contribution is 7.84. The highest BCUT2D eigenvalue weighted by atomic mass is 32.2. The Morgan fingerprint density at radius 3 is 3.06 bits per heavy atom. The molecular formula is C9H17N5O2S. The van der Waals surface area contributed by atoms with Crippen LogP contribution in [0, 0.1) is 0 Å². The Bertz CT molecular complexity index is 392. The van der Waals surface area contributed by atoms with E-state index in [-0.39, 0.29) is 11.6 Å². The summed E-state index contributed by atoms with van der Waals surface area (Å²) in [6.45, 7) is 1.48. The number of carbonyl (C=O) groups excluding carboxylic acids is 1. The van der Waals surface area contributed by atoms with Crippen LogP contribution in [0.3, 0.4) is 0 Å². The first kappa shape index (κ1) is 13.8. The molecule has 0 bridgehead atoms. The van der Waals surface area contributed by atoms with Gasteiger partial charge in [0.05, 0.1) is 12.7 Å². The molecule has 1 rings (SSSR count). The van der Waals surface area contributed by atoms with E-state index >= 15 is 0 Å². The minimum absolute atomic E-state index is 0.268. The Balaban J connectivity index is 2.33. The monoisotopic (exact) mass is 259 g/mol. The second-order valence-corrected chi connectivity index (χ2v) is 5.10. The van der Waals surface area contributed by atoms with Crippen LogP contribution in [0.2, 0.25) is 0 Å². The summed E-state index contributed by atoms with van der Waals surface area (Å²) in [6.07, 6.45) is 3.88. The van der Waals surface area contributed by atoms with Crippen molar-refractivity contribution in [2.24, 2.45) is 5.73 Å². The molecule has 1 unspecified atom stereocenters. The van der Waals surface area contributed by atoms with Crippen molar-refractivity contribution in [2.45, 2.75) is 13.0 Å². The number of carbonyl (C=O) groups is 1. The SMILES string of the molecule is CS(=O)CCCNC(=O)c1cn(CCN)nn1. The van der Waals surface area contributed by atoms with Crippen molar-refractivity contribution >= 4 is 16.7 Å². The Labute approximate surface area is 102 Å². The van der Waals surface area contributed by atoms with Gasteiger partial charge in [-0.15, -0.1) is 5.10 Å². The van der Waals surface area contributed by atoms with Gasteiger partial charge in [-0.3, -0.25) is 13.7 Å². The largest absolute Gasteiger partial charge is 0.351 e. The van der Waals surface area contributed by atoms with E-state index in [1.165, 1.54) is 4.68 Å². The summed E-state index contributed by atoms with van der Waals surface area (Å²) in [6, 6.07) is 0. The predicted octanol–water partition coefficient (Wildman–Crippen LogP) is -1.26. The van der Waals surface area contributed by atoms with E-state index in [2.05, 4.69) is 15.6 Å². The Kier molecular flexibility index (Phi) is 5.78. The zero-order valence-corrected chi connectivity index (χ0v) is 10.6. The van der Waals surface area contributed by atoms with Crippen molar-refractivity contribution in [3.63, 3.8) is 0 Å². The fraction of sp³-hybridized carbons (Fsp3) is 0.667. The van der Waals surface area contributed by atoms with Gasteiger partial charge in [0.1, 0.15) is 0 Å². The highest BCUT2D eigenvalue weighted by Crippen LogP contribution is 1.93. The van der Waals surface area contributed by atoms with E-state index in [1.807, 2.05) is 0 Å². The fourth-order valence-electron chi connectivity index (χ4n) is 1.21. The third-order valence-electron chi connectivity index (χ3n) is 2.02. The lowest BCUT2D eigenvalue weighted by Gasteiger charge is -2.01. The fourth-order valence-corrected chi connectivity index (χ4v) is 1.76. The molecule has 0 aliphatic rings. The first-order valence-corrected chi connectivity index (χ1v) is 7.04. The van der Waals surface area contributed by atoms with Crippen LogP contribution in [0.15, 0.2) is 6.20 Å². The van der Waals surface area contributed by atoms with Crippen LogP contribution < -0.4 is 11.1 Å². The van der Waals surface area contributed by atoms with Gasteiger partial charge in [0.2, 0.25) is 0 Å².